The monoisotopic (exact) mass is 714 g/mol. The minimum Gasteiger partial charge on any atom is -0.456 e. The summed E-state index contributed by atoms with van der Waals surface area (Å²) in [7, 11) is 0. The van der Waals surface area contributed by atoms with Crippen molar-refractivity contribution in [3.05, 3.63) is 182 Å². The molecular formula is C51H30N4O. The molecule has 0 unspecified atom stereocenters. The van der Waals surface area contributed by atoms with Crippen molar-refractivity contribution in [2.75, 3.05) is 0 Å². The summed E-state index contributed by atoms with van der Waals surface area (Å²) in [5.74, 6) is 1.82. The molecule has 0 N–H and O–H groups in total. The first-order chi connectivity index (χ1) is 27.8. The highest BCUT2D eigenvalue weighted by Gasteiger charge is 2.22. The lowest BCUT2D eigenvalue weighted by atomic mass is 9.95. The molecule has 0 bridgehead atoms. The van der Waals surface area contributed by atoms with E-state index < -0.39 is 0 Å². The molecule has 260 valence electrons. The van der Waals surface area contributed by atoms with E-state index in [9.17, 15) is 0 Å². The van der Waals surface area contributed by atoms with Crippen molar-refractivity contribution < 1.29 is 4.42 Å². The van der Waals surface area contributed by atoms with Crippen LogP contribution in [0.25, 0.3) is 116 Å². The topological polar surface area (TPSA) is 56.7 Å². The smallest absolute Gasteiger partial charge is 0.164 e. The first kappa shape index (κ1) is 30.8. The summed E-state index contributed by atoms with van der Waals surface area (Å²) in [4.78, 5) is 15.3. The number of fused-ring (bicyclic) bond motifs is 6. The first-order valence-electron chi connectivity index (χ1n) is 18.9. The van der Waals surface area contributed by atoms with Gasteiger partial charge in [0.2, 0.25) is 0 Å². The Labute approximate surface area is 321 Å². The van der Waals surface area contributed by atoms with Crippen molar-refractivity contribution in [2.24, 2.45) is 0 Å². The van der Waals surface area contributed by atoms with E-state index in [1.807, 2.05) is 48.5 Å². The van der Waals surface area contributed by atoms with Gasteiger partial charge in [0.1, 0.15) is 11.2 Å². The summed E-state index contributed by atoms with van der Waals surface area (Å²) >= 11 is 0. The lowest BCUT2D eigenvalue weighted by Crippen LogP contribution is -2.00. The van der Waals surface area contributed by atoms with Crippen molar-refractivity contribution in [1.82, 2.24) is 19.5 Å². The first-order valence-corrected chi connectivity index (χ1v) is 18.9. The summed E-state index contributed by atoms with van der Waals surface area (Å²) in [5.41, 5.74) is 10.1. The fraction of sp³-hybridized carbons (Fsp3) is 0. The van der Waals surface area contributed by atoms with Crippen LogP contribution in [0.2, 0.25) is 0 Å². The standard InChI is InChI=1S/C51H30N4O/c1-3-12-31(13-4-1)32-24-26-34(27-25-32)50-52-49(33-14-5-2-6-15-33)53-51(54-50)40-20-11-23-45-46(40)41-30-35(28-29-44(41)56-45)55-42-21-9-18-38-36-16-7-8-17-37(36)39-19-10-22-43(55)48(39)47(38)42/h1-30H. The molecule has 0 fully saturated rings. The van der Waals surface area contributed by atoms with E-state index in [0.29, 0.717) is 17.5 Å². The quantitative estimate of drug-likeness (QED) is 0.167. The number of hydrogen-bond donors (Lipinski definition) is 0. The predicted molar refractivity (Wildman–Crippen MR) is 229 cm³/mol. The van der Waals surface area contributed by atoms with Crippen LogP contribution in [0.15, 0.2) is 186 Å². The van der Waals surface area contributed by atoms with E-state index in [-0.39, 0.29) is 0 Å². The molecule has 56 heavy (non-hydrogen) atoms. The number of furan rings is 1. The maximum Gasteiger partial charge on any atom is 0.164 e. The van der Waals surface area contributed by atoms with E-state index in [2.05, 4.69) is 138 Å². The summed E-state index contributed by atoms with van der Waals surface area (Å²) in [5, 5.41) is 9.64. The van der Waals surface area contributed by atoms with Gasteiger partial charge in [0, 0.05) is 43.9 Å². The van der Waals surface area contributed by atoms with E-state index in [1.54, 1.807) is 0 Å². The number of aromatic nitrogens is 4. The second-order valence-electron chi connectivity index (χ2n) is 14.4. The van der Waals surface area contributed by atoms with Crippen LogP contribution in [-0.2, 0) is 0 Å². The third-order valence-corrected chi connectivity index (χ3v) is 11.2. The van der Waals surface area contributed by atoms with Crippen LogP contribution >= 0.6 is 0 Å². The Morgan fingerprint density at radius 2 is 0.857 bits per heavy atom. The molecule has 12 rings (SSSR count). The van der Waals surface area contributed by atoms with Gasteiger partial charge < -0.3 is 8.98 Å². The van der Waals surface area contributed by atoms with E-state index >= 15 is 0 Å². The van der Waals surface area contributed by atoms with Gasteiger partial charge in [0.05, 0.1) is 11.0 Å². The molecule has 0 spiro atoms. The third-order valence-electron chi connectivity index (χ3n) is 11.2. The summed E-state index contributed by atoms with van der Waals surface area (Å²) in [6.07, 6.45) is 0. The largest absolute Gasteiger partial charge is 0.456 e. The second-order valence-corrected chi connectivity index (χ2v) is 14.4. The normalized spacial score (nSPS) is 11.9. The van der Waals surface area contributed by atoms with E-state index in [1.165, 1.54) is 43.4 Å². The van der Waals surface area contributed by atoms with Crippen molar-refractivity contribution in [3.63, 3.8) is 0 Å². The number of rotatable bonds is 5. The Hall–Kier alpha value is -7.63. The molecule has 0 saturated heterocycles. The van der Waals surface area contributed by atoms with Crippen molar-refractivity contribution in [3.8, 4) is 51.0 Å². The summed E-state index contributed by atoms with van der Waals surface area (Å²) in [6.45, 7) is 0. The zero-order valence-electron chi connectivity index (χ0n) is 30.0. The Morgan fingerprint density at radius 1 is 0.339 bits per heavy atom. The molecule has 0 aliphatic carbocycles. The lowest BCUT2D eigenvalue weighted by molar-refractivity contribution is 0.669. The van der Waals surface area contributed by atoms with Gasteiger partial charge in [-0.1, -0.05) is 146 Å². The maximum atomic E-state index is 6.56. The maximum absolute atomic E-state index is 6.56. The molecule has 0 amide bonds. The fourth-order valence-corrected chi connectivity index (χ4v) is 8.71. The van der Waals surface area contributed by atoms with Gasteiger partial charge in [-0.25, -0.2) is 15.0 Å². The lowest BCUT2D eigenvalue weighted by Gasteiger charge is -2.10. The van der Waals surface area contributed by atoms with E-state index in [4.69, 9.17) is 19.4 Å². The average Bonchev–Trinajstić information content (AvgIpc) is 3.83. The highest BCUT2D eigenvalue weighted by molar-refractivity contribution is 6.34. The Kier molecular flexibility index (Phi) is 6.56. The van der Waals surface area contributed by atoms with Crippen LogP contribution < -0.4 is 0 Å². The Bertz CT molecular complexity index is 3370. The molecule has 12 aromatic rings. The van der Waals surface area contributed by atoms with Gasteiger partial charge in [-0.3, -0.25) is 0 Å². The molecule has 3 heterocycles. The summed E-state index contributed by atoms with van der Waals surface area (Å²) < 4.78 is 8.96. The van der Waals surface area contributed by atoms with Crippen molar-refractivity contribution in [1.29, 1.82) is 0 Å². The van der Waals surface area contributed by atoms with Crippen LogP contribution in [0.3, 0.4) is 0 Å². The van der Waals surface area contributed by atoms with Crippen LogP contribution in [-0.4, -0.2) is 19.5 Å². The molecular weight excluding hydrogens is 685 g/mol. The SMILES string of the molecule is c1ccc(-c2ccc(-c3nc(-c4ccccc4)nc(-c4cccc5oc6ccc(-n7c8cccc9c%10ccccc%10c%10cccc7c%10c98)cc6c45)n3)cc2)cc1. The number of benzene rings is 9. The number of nitrogens with zero attached hydrogens (tertiary/aromatic N) is 4. The third kappa shape index (κ3) is 4.58. The molecule has 0 aliphatic rings. The zero-order chi connectivity index (χ0) is 36.7. The predicted octanol–water partition coefficient (Wildman–Crippen LogP) is 13.3. The highest BCUT2D eigenvalue weighted by atomic mass is 16.3. The van der Waals surface area contributed by atoms with Crippen molar-refractivity contribution >= 4 is 65.3 Å². The molecule has 5 nitrogen and oxygen atoms in total. The van der Waals surface area contributed by atoms with Crippen LogP contribution in [0, 0.1) is 0 Å². The molecule has 3 aromatic heterocycles. The van der Waals surface area contributed by atoms with Gasteiger partial charge in [-0.05, 0) is 69.1 Å². The minimum absolute atomic E-state index is 0.592. The van der Waals surface area contributed by atoms with Crippen molar-refractivity contribution in [2.45, 2.75) is 0 Å². The summed E-state index contributed by atoms with van der Waals surface area (Å²) in [6, 6.07) is 63.7. The number of hydrogen-bond acceptors (Lipinski definition) is 4. The second kappa shape index (κ2) is 11.9. The molecule has 0 radical (unpaired) electrons. The van der Waals surface area contributed by atoms with E-state index in [0.717, 1.165) is 55.4 Å². The van der Waals surface area contributed by atoms with Crippen LogP contribution in [0.5, 0.6) is 0 Å². The molecule has 0 atom stereocenters. The molecule has 0 saturated carbocycles. The molecule has 9 aromatic carbocycles. The Morgan fingerprint density at radius 3 is 1.52 bits per heavy atom. The highest BCUT2D eigenvalue weighted by Crippen LogP contribution is 2.44. The molecule has 5 heteroatoms. The van der Waals surface area contributed by atoms with Gasteiger partial charge >= 0.3 is 0 Å². The zero-order valence-corrected chi connectivity index (χ0v) is 30.0. The Balaban J connectivity index is 1.07. The van der Waals surface area contributed by atoms with Crippen LogP contribution in [0.4, 0.5) is 0 Å². The minimum atomic E-state index is 0.592. The van der Waals surface area contributed by atoms with Gasteiger partial charge in [-0.2, -0.15) is 0 Å². The van der Waals surface area contributed by atoms with Gasteiger partial charge in [-0.15, -0.1) is 0 Å². The van der Waals surface area contributed by atoms with Gasteiger partial charge in [0.25, 0.3) is 0 Å². The fourth-order valence-electron chi connectivity index (χ4n) is 8.71. The van der Waals surface area contributed by atoms with Gasteiger partial charge in [0.15, 0.2) is 17.5 Å². The molecule has 0 aliphatic heterocycles. The van der Waals surface area contributed by atoms with Crippen LogP contribution in [0.1, 0.15) is 0 Å². The average molecular weight is 715 g/mol.